The minimum absolute atomic E-state index is 0.108. The average Bonchev–Trinajstić information content (AvgIpc) is 2.88. The summed E-state index contributed by atoms with van der Waals surface area (Å²) in [4.78, 5) is 17.0. The molecule has 6 nitrogen and oxygen atoms in total. The predicted molar refractivity (Wildman–Crippen MR) is 98.2 cm³/mol. The minimum atomic E-state index is 0.108. The van der Waals surface area contributed by atoms with Gasteiger partial charge in [-0.1, -0.05) is 12.1 Å². The second-order valence-corrected chi connectivity index (χ2v) is 6.74. The molecule has 134 valence electrons. The Morgan fingerprint density at radius 2 is 1.76 bits per heavy atom. The van der Waals surface area contributed by atoms with E-state index in [1.807, 2.05) is 40.9 Å². The zero-order chi connectivity index (χ0) is 18.0. The molecule has 1 aliphatic rings. The minimum Gasteiger partial charge on any atom is -0.336 e. The molecule has 0 radical (unpaired) electrons. The van der Waals surface area contributed by atoms with Crippen LogP contribution in [-0.2, 0) is 20.1 Å². The Bertz CT molecular complexity index is 742. The van der Waals surface area contributed by atoms with E-state index in [1.54, 1.807) is 0 Å². The molecule has 1 saturated heterocycles. The fraction of sp³-hybridized carbons (Fsp3) is 0.474. The van der Waals surface area contributed by atoms with Gasteiger partial charge >= 0.3 is 0 Å². The number of carbonyl (C=O) groups is 1. The summed E-state index contributed by atoms with van der Waals surface area (Å²) < 4.78 is 1.94. The van der Waals surface area contributed by atoms with Gasteiger partial charge in [0.2, 0.25) is 0 Å². The lowest BCUT2D eigenvalue weighted by atomic mass is 10.1. The number of aryl methyl sites for hydroxylation is 2. The van der Waals surface area contributed by atoms with E-state index in [-0.39, 0.29) is 5.91 Å². The number of rotatable bonds is 4. The Hall–Kier alpha value is -2.18. The first-order valence-corrected chi connectivity index (χ1v) is 8.79. The van der Waals surface area contributed by atoms with Crippen LogP contribution in [0, 0.1) is 13.8 Å². The van der Waals surface area contributed by atoms with Crippen LogP contribution in [0.25, 0.3) is 0 Å². The number of aromatic nitrogens is 2. The van der Waals surface area contributed by atoms with Crippen molar-refractivity contribution >= 4 is 5.91 Å². The molecule has 1 amide bonds. The quantitative estimate of drug-likeness (QED) is 0.914. The predicted octanol–water partition coefficient (Wildman–Crippen LogP) is 1.45. The molecule has 1 aromatic carbocycles. The Labute approximate surface area is 149 Å². The van der Waals surface area contributed by atoms with Gasteiger partial charge in [-0.3, -0.25) is 14.4 Å². The first-order chi connectivity index (χ1) is 12.0. The lowest BCUT2D eigenvalue weighted by Crippen LogP contribution is -2.48. The second kappa shape index (κ2) is 7.37. The molecule has 3 rings (SSSR count). The number of hydrogen-bond donors (Lipinski definition) is 1. The number of nitrogens with zero attached hydrogens (tertiary/aromatic N) is 4. The fourth-order valence-electron chi connectivity index (χ4n) is 3.34. The molecule has 1 aromatic heterocycles. The zero-order valence-electron chi connectivity index (χ0n) is 15.3. The molecule has 0 spiro atoms. The summed E-state index contributed by atoms with van der Waals surface area (Å²) in [5.41, 5.74) is 11.0. The molecule has 6 heteroatoms. The zero-order valence-corrected chi connectivity index (χ0v) is 15.3. The normalized spacial score (nSPS) is 15.6. The van der Waals surface area contributed by atoms with Crippen LogP contribution < -0.4 is 5.73 Å². The maximum atomic E-state index is 12.6. The van der Waals surface area contributed by atoms with Crippen LogP contribution in [0.5, 0.6) is 0 Å². The van der Waals surface area contributed by atoms with Gasteiger partial charge in [0.25, 0.3) is 5.91 Å². The molecule has 0 aliphatic carbocycles. The van der Waals surface area contributed by atoms with Crippen molar-refractivity contribution in [1.29, 1.82) is 0 Å². The van der Waals surface area contributed by atoms with Crippen LogP contribution >= 0.6 is 0 Å². The third kappa shape index (κ3) is 3.75. The van der Waals surface area contributed by atoms with Gasteiger partial charge in [-0.15, -0.1) is 0 Å². The van der Waals surface area contributed by atoms with Crippen LogP contribution in [0.1, 0.15) is 32.9 Å². The third-order valence-corrected chi connectivity index (χ3v) is 5.14. The van der Waals surface area contributed by atoms with Crippen LogP contribution in [0.15, 0.2) is 24.3 Å². The topological polar surface area (TPSA) is 67.4 Å². The molecule has 1 fully saturated rings. The van der Waals surface area contributed by atoms with E-state index in [0.29, 0.717) is 6.54 Å². The highest BCUT2D eigenvalue weighted by Gasteiger charge is 2.23. The molecular formula is C19H27N5O. The van der Waals surface area contributed by atoms with Gasteiger partial charge in [0.15, 0.2) is 0 Å². The van der Waals surface area contributed by atoms with Crippen LogP contribution in [0.2, 0.25) is 0 Å². The monoisotopic (exact) mass is 341 g/mol. The van der Waals surface area contributed by atoms with Gasteiger partial charge in [-0.2, -0.15) is 5.10 Å². The molecule has 25 heavy (non-hydrogen) atoms. The number of benzene rings is 1. The number of nitrogens with two attached hydrogens (primary N) is 1. The van der Waals surface area contributed by atoms with Crippen molar-refractivity contribution in [1.82, 2.24) is 19.6 Å². The van der Waals surface area contributed by atoms with E-state index in [9.17, 15) is 4.79 Å². The van der Waals surface area contributed by atoms with Crippen molar-refractivity contribution in [2.24, 2.45) is 12.8 Å². The summed E-state index contributed by atoms with van der Waals surface area (Å²) in [6, 6.07) is 7.60. The highest BCUT2D eigenvalue weighted by atomic mass is 16.2. The van der Waals surface area contributed by atoms with Gasteiger partial charge in [0.05, 0.1) is 5.69 Å². The highest BCUT2D eigenvalue weighted by molar-refractivity contribution is 5.94. The Balaban J connectivity index is 1.58. The maximum Gasteiger partial charge on any atom is 0.253 e. The highest BCUT2D eigenvalue weighted by Crippen LogP contribution is 2.17. The smallest absolute Gasteiger partial charge is 0.253 e. The summed E-state index contributed by atoms with van der Waals surface area (Å²) in [6.45, 7) is 8.87. The summed E-state index contributed by atoms with van der Waals surface area (Å²) in [6.07, 6.45) is 0. The van der Waals surface area contributed by atoms with E-state index in [4.69, 9.17) is 5.73 Å². The van der Waals surface area contributed by atoms with Crippen molar-refractivity contribution in [3.8, 4) is 0 Å². The van der Waals surface area contributed by atoms with Crippen molar-refractivity contribution in [3.05, 3.63) is 52.3 Å². The summed E-state index contributed by atoms with van der Waals surface area (Å²) in [5, 5.41) is 4.49. The van der Waals surface area contributed by atoms with Crippen molar-refractivity contribution < 1.29 is 4.79 Å². The molecular weight excluding hydrogens is 314 g/mol. The van der Waals surface area contributed by atoms with Gasteiger partial charge in [0, 0.05) is 63.1 Å². The average molecular weight is 341 g/mol. The van der Waals surface area contributed by atoms with Gasteiger partial charge in [-0.25, -0.2) is 0 Å². The Kier molecular flexibility index (Phi) is 5.20. The largest absolute Gasteiger partial charge is 0.336 e. The van der Waals surface area contributed by atoms with Crippen molar-refractivity contribution in [2.45, 2.75) is 26.9 Å². The fourth-order valence-corrected chi connectivity index (χ4v) is 3.34. The molecule has 0 unspecified atom stereocenters. The SMILES string of the molecule is Cc1nn(C)c(C)c1CN1CCN(C(=O)c2ccc(CN)cc2)CC1. The third-order valence-electron chi connectivity index (χ3n) is 5.14. The lowest BCUT2D eigenvalue weighted by molar-refractivity contribution is 0.0628. The van der Waals surface area contributed by atoms with E-state index in [2.05, 4.69) is 23.8 Å². The molecule has 0 atom stereocenters. The van der Waals surface area contributed by atoms with Crippen LogP contribution in [0.3, 0.4) is 0 Å². The maximum absolute atomic E-state index is 12.6. The first-order valence-electron chi connectivity index (χ1n) is 8.79. The number of amides is 1. The Morgan fingerprint density at radius 1 is 1.12 bits per heavy atom. The van der Waals surface area contributed by atoms with Crippen LogP contribution in [0.4, 0.5) is 0 Å². The summed E-state index contributed by atoms with van der Waals surface area (Å²) in [7, 11) is 1.98. The van der Waals surface area contributed by atoms with E-state index >= 15 is 0 Å². The van der Waals surface area contributed by atoms with Crippen molar-refractivity contribution in [2.75, 3.05) is 26.2 Å². The van der Waals surface area contributed by atoms with Crippen molar-refractivity contribution in [3.63, 3.8) is 0 Å². The second-order valence-electron chi connectivity index (χ2n) is 6.74. The van der Waals surface area contributed by atoms with E-state index in [1.165, 1.54) is 11.3 Å². The number of hydrogen-bond acceptors (Lipinski definition) is 4. The molecule has 2 heterocycles. The summed E-state index contributed by atoms with van der Waals surface area (Å²) in [5.74, 6) is 0.108. The summed E-state index contributed by atoms with van der Waals surface area (Å²) >= 11 is 0. The molecule has 0 saturated carbocycles. The number of piperazine rings is 1. The van der Waals surface area contributed by atoms with E-state index < -0.39 is 0 Å². The van der Waals surface area contributed by atoms with Gasteiger partial charge in [0.1, 0.15) is 0 Å². The first kappa shape index (κ1) is 17.6. The molecule has 2 N–H and O–H groups in total. The standard InChI is InChI=1S/C19H27N5O/c1-14-18(15(2)22(3)21-14)13-23-8-10-24(11-9-23)19(25)17-6-4-16(12-20)5-7-17/h4-7H,8-13,20H2,1-3H3. The molecule has 0 bridgehead atoms. The molecule has 2 aromatic rings. The Morgan fingerprint density at radius 3 is 2.28 bits per heavy atom. The van der Waals surface area contributed by atoms with Gasteiger partial charge in [-0.05, 0) is 31.5 Å². The lowest BCUT2D eigenvalue weighted by Gasteiger charge is -2.34. The van der Waals surface area contributed by atoms with Crippen LogP contribution in [-0.4, -0.2) is 51.7 Å². The molecule has 1 aliphatic heterocycles. The number of carbonyl (C=O) groups excluding carboxylic acids is 1. The van der Waals surface area contributed by atoms with E-state index in [0.717, 1.165) is 49.5 Å². The van der Waals surface area contributed by atoms with Gasteiger partial charge < -0.3 is 10.6 Å².